The van der Waals surface area contributed by atoms with E-state index in [9.17, 15) is 15.0 Å². The molecule has 4 aliphatic rings. The van der Waals surface area contributed by atoms with E-state index in [1.54, 1.807) is 6.07 Å². The monoisotopic (exact) mass is 392 g/mol. The first-order valence-corrected chi connectivity index (χ1v) is 10.3. The SMILES string of the molecule is O=C1NCC[C@@]2(O)[C@H]3Cc4ccc(O)c5c4[C@@]2(CCN3Cc2ccccc2)[C@H]1O5. The fourth-order valence-electron chi connectivity index (χ4n) is 6.38. The smallest absolute Gasteiger partial charge is 0.262 e. The lowest BCUT2D eigenvalue weighted by atomic mass is 9.52. The Morgan fingerprint density at radius 3 is 2.83 bits per heavy atom. The molecule has 4 atom stereocenters. The van der Waals surface area contributed by atoms with E-state index in [4.69, 9.17) is 4.74 Å². The Labute approximate surface area is 169 Å². The maximum atomic E-state index is 12.9. The molecule has 0 aromatic heterocycles. The number of phenolic OH excluding ortho intramolecular Hbond substituents is 1. The van der Waals surface area contributed by atoms with Gasteiger partial charge in [0, 0.05) is 31.2 Å². The molecule has 6 rings (SSSR count). The Morgan fingerprint density at radius 2 is 2.00 bits per heavy atom. The van der Waals surface area contributed by atoms with Crippen molar-refractivity contribution in [2.75, 3.05) is 13.1 Å². The second kappa shape index (κ2) is 5.74. The van der Waals surface area contributed by atoms with Gasteiger partial charge in [0.25, 0.3) is 5.91 Å². The fourth-order valence-corrected chi connectivity index (χ4v) is 6.38. The summed E-state index contributed by atoms with van der Waals surface area (Å²) in [6.07, 6.45) is 0.967. The van der Waals surface area contributed by atoms with Crippen LogP contribution >= 0.6 is 0 Å². The third-order valence-corrected chi connectivity index (χ3v) is 7.60. The van der Waals surface area contributed by atoms with Gasteiger partial charge in [-0.05, 0) is 36.5 Å². The van der Waals surface area contributed by atoms with Gasteiger partial charge in [-0.2, -0.15) is 0 Å². The number of carbonyl (C=O) groups is 1. The van der Waals surface area contributed by atoms with Gasteiger partial charge in [0.1, 0.15) is 0 Å². The van der Waals surface area contributed by atoms with Crippen LogP contribution in [0.15, 0.2) is 42.5 Å². The van der Waals surface area contributed by atoms with Crippen LogP contribution in [0.2, 0.25) is 0 Å². The molecule has 1 aliphatic carbocycles. The van der Waals surface area contributed by atoms with E-state index in [1.165, 1.54) is 5.56 Å². The van der Waals surface area contributed by atoms with Crippen LogP contribution in [-0.4, -0.2) is 51.9 Å². The highest BCUT2D eigenvalue weighted by Gasteiger charge is 2.72. The van der Waals surface area contributed by atoms with Crippen molar-refractivity contribution in [1.82, 2.24) is 10.2 Å². The predicted octanol–water partition coefficient (Wildman–Crippen LogP) is 1.47. The molecule has 1 spiro atoms. The highest BCUT2D eigenvalue weighted by molar-refractivity contribution is 5.87. The Kier molecular flexibility index (Phi) is 3.42. The van der Waals surface area contributed by atoms with Crippen LogP contribution in [0.1, 0.15) is 29.5 Å². The Morgan fingerprint density at radius 1 is 1.17 bits per heavy atom. The predicted molar refractivity (Wildman–Crippen MR) is 106 cm³/mol. The molecule has 2 aromatic rings. The van der Waals surface area contributed by atoms with Crippen molar-refractivity contribution >= 4 is 5.91 Å². The number of nitrogens with one attached hydrogen (secondary N) is 1. The highest BCUT2D eigenvalue weighted by Crippen LogP contribution is 2.63. The number of hydrogen-bond donors (Lipinski definition) is 3. The van der Waals surface area contributed by atoms with E-state index in [1.807, 2.05) is 24.3 Å². The van der Waals surface area contributed by atoms with E-state index in [2.05, 4.69) is 22.3 Å². The van der Waals surface area contributed by atoms with Gasteiger partial charge in [0.05, 0.1) is 11.0 Å². The minimum absolute atomic E-state index is 0.0477. The summed E-state index contributed by atoms with van der Waals surface area (Å²) in [5, 5.41) is 25.6. The number of benzene rings is 2. The standard InChI is InChI=1S/C23H24N2O4/c26-16-7-6-15-12-17-23(28)8-10-24-21(27)20-22(23,18(15)19(16)29-20)9-11-25(17)13-14-4-2-1-3-5-14/h1-7,17,20,26,28H,8-13H2,(H,24,27)/t17-,20+,22+,23-/m1/s1. The second-order valence-corrected chi connectivity index (χ2v) is 8.81. The average Bonchev–Trinajstić information content (AvgIpc) is 3.02. The lowest BCUT2D eigenvalue weighted by molar-refractivity contribution is -0.169. The fraction of sp³-hybridized carbons (Fsp3) is 0.435. The van der Waals surface area contributed by atoms with Gasteiger partial charge in [-0.1, -0.05) is 36.4 Å². The number of carbonyl (C=O) groups excluding carboxylic acids is 1. The van der Waals surface area contributed by atoms with Gasteiger partial charge in [-0.25, -0.2) is 0 Å². The van der Waals surface area contributed by atoms with Crippen molar-refractivity contribution in [1.29, 1.82) is 0 Å². The molecule has 2 saturated heterocycles. The van der Waals surface area contributed by atoms with E-state index in [0.717, 1.165) is 24.2 Å². The maximum Gasteiger partial charge on any atom is 0.262 e. The maximum absolute atomic E-state index is 12.9. The summed E-state index contributed by atoms with van der Waals surface area (Å²) in [5.41, 5.74) is 1.23. The summed E-state index contributed by atoms with van der Waals surface area (Å²) in [5.74, 6) is 0.240. The van der Waals surface area contributed by atoms with E-state index in [-0.39, 0.29) is 17.7 Å². The zero-order valence-corrected chi connectivity index (χ0v) is 16.1. The van der Waals surface area contributed by atoms with Crippen LogP contribution in [0.5, 0.6) is 11.5 Å². The number of phenols is 1. The first-order valence-electron chi connectivity index (χ1n) is 10.3. The number of nitrogens with zero attached hydrogens (tertiary/aromatic N) is 1. The summed E-state index contributed by atoms with van der Waals surface area (Å²) in [6.45, 7) is 1.96. The molecule has 0 saturated carbocycles. The molecule has 0 radical (unpaired) electrons. The molecule has 2 bridgehead atoms. The summed E-state index contributed by atoms with van der Waals surface area (Å²) in [7, 11) is 0. The molecule has 1 amide bonds. The third-order valence-electron chi connectivity index (χ3n) is 7.60. The summed E-state index contributed by atoms with van der Waals surface area (Å²) in [6, 6.07) is 13.8. The van der Waals surface area contributed by atoms with Crippen LogP contribution < -0.4 is 10.1 Å². The molecule has 6 heteroatoms. The van der Waals surface area contributed by atoms with Crippen molar-refractivity contribution in [3.05, 3.63) is 59.2 Å². The number of hydrogen-bond acceptors (Lipinski definition) is 5. The van der Waals surface area contributed by atoms with Gasteiger partial charge < -0.3 is 20.3 Å². The number of ether oxygens (including phenoxy) is 1. The van der Waals surface area contributed by atoms with Crippen LogP contribution in [-0.2, 0) is 23.2 Å². The van der Waals surface area contributed by atoms with Gasteiger partial charge in [-0.3, -0.25) is 9.69 Å². The Bertz CT molecular complexity index is 1010. The molecule has 2 aromatic carbocycles. The molecule has 0 unspecified atom stereocenters. The number of aliphatic hydroxyl groups is 1. The van der Waals surface area contributed by atoms with Crippen LogP contribution in [0.3, 0.4) is 0 Å². The number of amides is 1. The van der Waals surface area contributed by atoms with E-state index >= 15 is 0 Å². The van der Waals surface area contributed by atoms with Crippen LogP contribution in [0.4, 0.5) is 0 Å². The number of rotatable bonds is 2. The third kappa shape index (κ3) is 2.05. The Balaban J connectivity index is 1.53. The van der Waals surface area contributed by atoms with Crippen molar-refractivity contribution in [2.24, 2.45) is 0 Å². The molecule has 150 valence electrons. The van der Waals surface area contributed by atoms with Gasteiger partial charge in [0.15, 0.2) is 17.6 Å². The van der Waals surface area contributed by atoms with E-state index < -0.39 is 17.1 Å². The lowest BCUT2D eigenvalue weighted by Crippen LogP contribution is -2.74. The van der Waals surface area contributed by atoms with Gasteiger partial charge >= 0.3 is 0 Å². The molecular formula is C23H24N2O4. The van der Waals surface area contributed by atoms with Crippen LogP contribution in [0.25, 0.3) is 0 Å². The van der Waals surface area contributed by atoms with E-state index in [0.29, 0.717) is 31.6 Å². The molecule has 3 N–H and O–H groups in total. The second-order valence-electron chi connectivity index (χ2n) is 8.81. The Hall–Kier alpha value is -2.57. The number of aromatic hydroxyl groups is 1. The van der Waals surface area contributed by atoms with Gasteiger partial charge in [0.2, 0.25) is 0 Å². The summed E-state index contributed by atoms with van der Waals surface area (Å²) < 4.78 is 6.08. The quantitative estimate of drug-likeness (QED) is 0.721. The van der Waals surface area contributed by atoms with Gasteiger partial charge in [-0.15, -0.1) is 0 Å². The first kappa shape index (κ1) is 17.3. The zero-order valence-electron chi connectivity index (χ0n) is 16.1. The number of likely N-dealkylation sites (tertiary alicyclic amines) is 1. The minimum Gasteiger partial charge on any atom is -0.504 e. The van der Waals surface area contributed by atoms with Crippen molar-refractivity contribution < 1.29 is 19.7 Å². The van der Waals surface area contributed by atoms with Crippen LogP contribution in [0, 0.1) is 0 Å². The minimum atomic E-state index is -1.10. The number of piperidine rings is 1. The molecular weight excluding hydrogens is 368 g/mol. The molecule has 3 aliphatic heterocycles. The zero-order chi connectivity index (χ0) is 19.8. The summed E-state index contributed by atoms with van der Waals surface area (Å²) in [4.78, 5) is 15.3. The largest absolute Gasteiger partial charge is 0.504 e. The molecule has 2 fully saturated rings. The van der Waals surface area contributed by atoms with Crippen molar-refractivity contribution in [3.63, 3.8) is 0 Å². The average molecular weight is 392 g/mol. The molecule has 29 heavy (non-hydrogen) atoms. The highest BCUT2D eigenvalue weighted by atomic mass is 16.5. The van der Waals surface area contributed by atoms with Crippen molar-refractivity contribution in [2.45, 2.75) is 49.0 Å². The normalized spacial score (nSPS) is 34.7. The van der Waals surface area contributed by atoms with Crippen molar-refractivity contribution in [3.8, 4) is 11.5 Å². The molecule has 6 nitrogen and oxygen atoms in total. The molecule has 3 heterocycles. The summed E-state index contributed by atoms with van der Waals surface area (Å²) >= 11 is 0. The first-order chi connectivity index (χ1) is 14.0. The topological polar surface area (TPSA) is 82.0 Å². The lowest BCUT2D eigenvalue weighted by Gasteiger charge is -2.60.